The van der Waals surface area contributed by atoms with Crippen LogP contribution in [0.3, 0.4) is 0 Å². The van der Waals surface area contributed by atoms with E-state index in [1.54, 1.807) is 0 Å². The van der Waals surface area contributed by atoms with Crippen molar-refractivity contribution in [3.63, 3.8) is 0 Å². The van der Waals surface area contributed by atoms with Crippen LogP contribution in [0.25, 0.3) is 74.8 Å². The molecule has 0 amide bonds. The van der Waals surface area contributed by atoms with Gasteiger partial charge in [0.1, 0.15) is 11.2 Å². The molecular weight excluding hydrogens is 591 g/mol. The van der Waals surface area contributed by atoms with Gasteiger partial charge in [0, 0.05) is 53.0 Å². The highest BCUT2D eigenvalue weighted by Crippen LogP contribution is 2.48. The van der Waals surface area contributed by atoms with E-state index in [0.29, 0.717) is 0 Å². The molecular formula is C44H27NOS. The van der Waals surface area contributed by atoms with Crippen LogP contribution in [0.5, 0.6) is 0 Å². The van der Waals surface area contributed by atoms with Crippen molar-refractivity contribution in [3.05, 3.63) is 164 Å². The van der Waals surface area contributed by atoms with E-state index in [1.165, 1.54) is 47.3 Å². The molecule has 220 valence electrons. The number of para-hydroxylation sites is 1. The van der Waals surface area contributed by atoms with E-state index >= 15 is 0 Å². The van der Waals surface area contributed by atoms with Gasteiger partial charge in [0.15, 0.2) is 0 Å². The Morgan fingerprint density at radius 3 is 1.77 bits per heavy atom. The van der Waals surface area contributed by atoms with E-state index in [-0.39, 0.29) is 0 Å². The Bertz CT molecular complexity index is 2730. The lowest BCUT2D eigenvalue weighted by Crippen LogP contribution is -2.11. The molecule has 0 aliphatic rings. The number of hydrogen-bond acceptors (Lipinski definition) is 3. The van der Waals surface area contributed by atoms with Gasteiger partial charge >= 0.3 is 0 Å². The van der Waals surface area contributed by atoms with Gasteiger partial charge in [-0.15, -0.1) is 11.3 Å². The number of benzene rings is 8. The largest absolute Gasteiger partial charge is 0.456 e. The summed E-state index contributed by atoms with van der Waals surface area (Å²) in [6.07, 6.45) is 0. The van der Waals surface area contributed by atoms with Crippen LogP contribution in [-0.2, 0) is 0 Å². The number of fused-ring (bicyclic) bond motifs is 8. The predicted octanol–water partition coefficient (Wildman–Crippen LogP) is 13.4. The average Bonchev–Trinajstić information content (AvgIpc) is 3.70. The Morgan fingerprint density at radius 1 is 0.426 bits per heavy atom. The number of furan rings is 1. The SMILES string of the molecule is c1ccc2c(N(c3cc(-c4ccc5c(c4)oc4ccccc45)c4sc5ccccc5c4c3)c3cccc4ccccc34)cccc2c1. The van der Waals surface area contributed by atoms with E-state index in [0.717, 1.165) is 44.6 Å². The van der Waals surface area contributed by atoms with Crippen LogP contribution in [0.2, 0.25) is 0 Å². The van der Waals surface area contributed by atoms with Gasteiger partial charge in [0.05, 0.1) is 11.4 Å². The number of hydrogen-bond donors (Lipinski definition) is 0. The molecule has 0 saturated carbocycles. The van der Waals surface area contributed by atoms with Gasteiger partial charge in [-0.3, -0.25) is 0 Å². The minimum absolute atomic E-state index is 0.906. The molecule has 10 rings (SSSR count). The summed E-state index contributed by atoms with van der Waals surface area (Å²) in [4.78, 5) is 2.46. The van der Waals surface area contributed by atoms with E-state index in [1.807, 2.05) is 23.5 Å². The monoisotopic (exact) mass is 617 g/mol. The second kappa shape index (κ2) is 10.3. The molecule has 0 unspecified atom stereocenters. The third kappa shape index (κ3) is 4.10. The fourth-order valence-electron chi connectivity index (χ4n) is 7.26. The molecule has 10 aromatic rings. The van der Waals surface area contributed by atoms with Crippen molar-refractivity contribution in [2.45, 2.75) is 0 Å². The molecule has 0 radical (unpaired) electrons. The summed E-state index contributed by atoms with van der Waals surface area (Å²) in [5, 5.41) is 9.67. The summed E-state index contributed by atoms with van der Waals surface area (Å²) >= 11 is 1.86. The Kier molecular flexibility index (Phi) is 5.78. The smallest absolute Gasteiger partial charge is 0.136 e. The molecule has 0 aliphatic heterocycles. The molecule has 0 aliphatic carbocycles. The van der Waals surface area contributed by atoms with Crippen molar-refractivity contribution in [2.75, 3.05) is 4.90 Å². The maximum atomic E-state index is 6.39. The standard InChI is InChI=1S/C44H27NOS/c1-3-15-32-28(11-1)13-9-19-39(32)45(40-20-10-14-29-12-2-4-16-33(29)40)31-26-37(44-38(27-31)36-18-6-8-22-43(36)47-44)30-23-24-35-34-17-5-7-21-41(34)46-42(35)25-30/h1-27H. The Labute approximate surface area is 275 Å². The Hall–Kier alpha value is -5.90. The van der Waals surface area contributed by atoms with E-state index in [2.05, 4.69) is 157 Å². The van der Waals surface area contributed by atoms with Gasteiger partial charge in [-0.25, -0.2) is 0 Å². The highest BCUT2D eigenvalue weighted by atomic mass is 32.1. The molecule has 2 nitrogen and oxygen atoms in total. The lowest BCUT2D eigenvalue weighted by atomic mass is 9.98. The summed E-state index contributed by atoms with van der Waals surface area (Å²) in [5.41, 5.74) is 7.58. The van der Waals surface area contributed by atoms with E-state index < -0.39 is 0 Å². The first-order chi connectivity index (χ1) is 23.3. The van der Waals surface area contributed by atoms with E-state index in [4.69, 9.17) is 4.42 Å². The zero-order valence-electron chi connectivity index (χ0n) is 25.4. The molecule has 0 bridgehead atoms. The van der Waals surface area contributed by atoms with Crippen molar-refractivity contribution < 1.29 is 4.42 Å². The van der Waals surface area contributed by atoms with Gasteiger partial charge in [0.25, 0.3) is 0 Å². The molecule has 2 heterocycles. The molecule has 0 fully saturated rings. The topological polar surface area (TPSA) is 16.4 Å². The summed E-state index contributed by atoms with van der Waals surface area (Å²) < 4.78 is 8.95. The van der Waals surface area contributed by atoms with Crippen LogP contribution < -0.4 is 4.90 Å². The van der Waals surface area contributed by atoms with Crippen molar-refractivity contribution >= 4 is 92.1 Å². The van der Waals surface area contributed by atoms with Crippen molar-refractivity contribution in [3.8, 4) is 11.1 Å². The van der Waals surface area contributed by atoms with Gasteiger partial charge in [0.2, 0.25) is 0 Å². The summed E-state index contributed by atoms with van der Waals surface area (Å²) in [6.45, 7) is 0. The molecule has 2 aromatic heterocycles. The fourth-order valence-corrected chi connectivity index (χ4v) is 8.48. The molecule has 3 heteroatoms. The van der Waals surface area contributed by atoms with Crippen molar-refractivity contribution in [1.82, 2.24) is 0 Å². The number of anilines is 3. The quantitative estimate of drug-likeness (QED) is 0.195. The molecule has 0 spiro atoms. The highest BCUT2D eigenvalue weighted by molar-refractivity contribution is 7.26. The minimum Gasteiger partial charge on any atom is -0.456 e. The second-order valence-electron chi connectivity index (χ2n) is 12.1. The zero-order valence-corrected chi connectivity index (χ0v) is 26.2. The van der Waals surface area contributed by atoms with Crippen LogP contribution in [-0.4, -0.2) is 0 Å². The molecule has 0 saturated heterocycles. The summed E-state index contributed by atoms with van der Waals surface area (Å²) in [7, 11) is 0. The molecule has 0 atom stereocenters. The molecule has 0 N–H and O–H groups in total. The summed E-state index contributed by atoms with van der Waals surface area (Å²) in [6, 6.07) is 59.1. The van der Waals surface area contributed by atoms with Crippen LogP contribution in [0, 0.1) is 0 Å². The normalized spacial score (nSPS) is 11.8. The Morgan fingerprint density at radius 2 is 1.02 bits per heavy atom. The predicted molar refractivity (Wildman–Crippen MR) is 202 cm³/mol. The van der Waals surface area contributed by atoms with Gasteiger partial charge in [-0.2, -0.15) is 0 Å². The van der Waals surface area contributed by atoms with Crippen LogP contribution in [0.1, 0.15) is 0 Å². The lowest BCUT2D eigenvalue weighted by molar-refractivity contribution is 0.669. The van der Waals surface area contributed by atoms with Crippen molar-refractivity contribution in [1.29, 1.82) is 0 Å². The first-order valence-corrected chi connectivity index (χ1v) is 16.7. The highest BCUT2D eigenvalue weighted by Gasteiger charge is 2.21. The maximum Gasteiger partial charge on any atom is 0.136 e. The minimum atomic E-state index is 0.906. The zero-order chi connectivity index (χ0) is 30.9. The first kappa shape index (κ1) is 26.3. The number of nitrogens with zero attached hydrogens (tertiary/aromatic N) is 1. The van der Waals surface area contributed by atoms with Gasteiger partial charge in [-0.1, -0.05) is 115 Å². The molecule has 8 aromatic carbocycles. The van der Waals surface area contributed by atoms with E-state index in [9.17, 15) is 0 Å². The Balaban J connectivity index is 1.31. The van der Waals surface area contributed by atoms with Gasteiger partial charge < -0.3 is 9.32 Å². The lowest BCUT2D eigenvalue weighted by Gasteiger charge is -2.29. The van der Waals surface area contributed by atoms with Crippen LogP contribution in [0.15, 0.2) is 168 Å². The van der Waals surface area contributed by atoms with Gasteiger partial charge in [-0.05, 0) is 64.9 Å². The second-order valence-corrected chi connectivity index (χ2v) is 13.2. The average molecular weight is 618 g/mol. The van der Waals surface area contributed by atoms with Crippen molar-refractivity contribution in [2.24, 2.45) is 0 Å². The maximum absolute atomic E-state index is 6.39. The third-order valence-corrected chi connectivity index (χ3v) is 10.6. The summed E-state index contributed by atoms with van der Waals surface area (Å²) in [5.74, 6) is 0. The fraction of sp³-hybridized carbons (Fsp3) is 0. The molecule has 47 heavy (non-hydrogen) atoms. The number of thiophene rings is 1. The number of rotatable bonds is 4. The van der Waals surface area contributed by atoms with Crippen LogP contribution >= 0.6 is 11.3 Å². The van der Waals surface area contributed by atoms with Crippen LogP contribution in [0.4, 0.5) is 17.1 Å². The first-order valence-electron chi connectivity index (χ1n) is 15.9. The third-order valence-electron chi connectivity index (χ3n) is 9.43.